The number of pyridine rings is 1. The number of anilines is 1. The number of aryl methyl sites for hydroxylation is 1. The number of rotatable bonds is 4. The molecule has 0 aliphatic carbocycles. The van der Waals surface area contributed by atoms with Gasteiger partial charge in [0.05, 0.1) is 10.8 Å². The lowest BCUT2D eigenvalue weighted by atomic mass is 10.2. The quantitative estimate of drug-likeness (QED) is 0.858. The Hall–Kier alpha value is -1.68. The molecule has 1 aromatic carbocycles. The van der Waals surface area contributed by atoms with Crippen LogP contribution in [0, 0.1) is 6.92 Å². The Morgan fingerprint density at radius 3 is 2.67 bits per heavy atom. The van der Waals surface area contributed by atoms with Gasteiger partial charge in [0.15, 0.2) is 0 Å². The van der Waals surface area contributed by atoms with E-state index in [1.54, 1.807) is 12.4 Å². The summed E-state index contributed by atoms with van der Waals surface area (Å²) < 4.78 is 12.2. The molecule has 0 saturated heterocycles. The molecule has 94 valence electrons. The molecule has 0 aliphatic rings. The Morgan fingerprint density at radius 1 is 1.22 bits per heavy atom. The fourth-order valence-electron chi connectivity index (χ4n) is 1.75. The fourth-order valence-corrected chi connectivity index (χ4v) is 3.08. The van der Waals surface area contributed by atoms with Gasteiger partial charge in [0.25, 0.3) is 0 Å². The average Bonchev–Trinajstić information content (AvgIpc) is 2.40. The van der Waals surface area contributed by atoms with Crippen molar-refractivity contribution >= 4 is 16.5 Å². The summed E-state index contributed by atoms with van der Waals surface area (Å²) in [5.74, 6) is 0.605. The van der Waals surface area contributed by atoms with Crippen molar-refractivity contribution in [3.8, 4) is 0 Å². The molecule has 0 saturated carbocycles. The summed E-state index contributed by atoms with van der Waals surface area (Å²) in [6.07, 6.45) is 4.29. The van der Waals surface area contributed by atoms with Gasteiger partial charge in [0.1, 0.15) is 0 Å². The third-order valence-electron chi connectivity index (χ3n) is 2.90. The monoisotopic (exact) mass is 260 g/mol. The van der Waals surface area contributed by atoms with Crippen molar-refractivity contribution in [2.24, 2.45) is 0 Å². The molecule has 0 fully saturated rings. The van der Waals surface area contributed by atoms with Gasteiger partial charge < -0.3 is 5.73 Å². The number of aromatic nitrogens is 1. The van der Waals surface area contributed by atoms with Gasteiger partial charge in [-0.25, -0.2) is 0 Å². The molecule has 4 heteroatoms. The van der Waals surface area contributed by atoms with Gasteiger partial charge in [0.2, 0.25) is 0 Å². The van der Waals surface area contributed by atoms with Crippen molar-refractivity contribution in [2.75, 3.05) is 11.5 Å². The van der Waals surface area contributed by atoms with Gasteiger partial charge in [-0.1, -0.05) is 6.07 Å². The van der Waals surface area contributed by atoms with E-state index in [-0.39, 0.29) is 0 Å². The first-order chi connectivity index (χ1) is 8.68. The molecule has 0 bridgehead atoms. The average molecular weight is 260 g/mol. The summed E-state index contributed by atoms with van der Waals surface area (Å²) in [7, 11) is -1.01. The third-order valence-corrected chi connectivity index (χ3v) is 4.40. The zero-order valence-electron chi connectivity index (χ0n) is 10.3. The zero-order valence-corrected chi connectivity index (χ0v) is 11.1. The van der Waals surface area contributed by atoms with E-state index in [2.05, 4.69) is 4.98 Å². The van der Waals surface area contributed by atoms with Gasteiger partial charge >= 0.3 is 0 Å². The normalized spacial score (nSPS) is 12.3. The summed E-state index contributed by atoms with van der Waals surface area (Å²) in [4.78, 5) is 4.80. The van der Waals surface area contributed by atoms with E-state index in [1.165, 1.54) is 0 Å². The first-order valence-electron chi connectivity index (χ1n) is 5.81. The molecule has 1 heterocycles. The molecule has 0 radical (unpaired) electrons. The van der Waals surface area contributed by atoms with Gasteiger partial charge in [-0.2, -0.15) is 0 Å². The second-order valence-electron chi connectivity index (χ2n) is 4.13. The van der Waals surface area contributed by atoms with E-state index in [1.807, 2.05) is 37.3 Å². The third kappa shape index (κ3) is 2.96. The van der Waals surface area contributed by atoms with Crippen LogP contribution in [-0.4, -0.2) is 14.9 Å². The highest BCUT2D eigenvalue weighted by molar-refractivity contribution is 7.85. The zero-order chi connectivity index (χ0) is 13.0. The maximum Gasteiger partial charge on any atom is 0.0536 e. The predicted molar refractivity (Wildman–Crippen MR) is 74.8 cm³/mol. The SMILES string of the molecule is Cc1c(N)cccc1S(=O)CCc1ccncc1. The van der Waals surface area contributed by atoms with Crippen LogP contribution in [0.15, 0.2) is 47.6 Å². The Kier molecular flexibility index (Phi) is 4.10. The Labute approximate surface area is 110 Å². The molecule has 0 aliphatic heterocycles. The highest BCUT2D eigenvalue weighted by atomic mass is 32.2. The van der Waals surface area contributed by atoms with Crippen LogP contribution in [-0.2, 0) is 17.2 Å². The van der Waals surface area contributed by atoms with Crippen LogP contribution in [0.1, 0.15) is 11.1 Å². The standard InChI is InChI=1S/C14H16N2OS/c1-11-13(15)3-2-4-14(11)18(17)10-7-12-5-8-16-9-6-12/h2-6,8-9H,7,10,15H2,1H3. The fraction of sp³-hybridized carbons (Fsp3) is 0.214. The minimum Gasteiger partial charge on any atom is -0.398 e. The Bertz CT molecular complexity index is 555. The molecule has 1 atom stereocenters. The first kappa shape index (κ1) is 12.8. The second kappa shape index (κ2) is 5.78. The molecule has 1 aromatic heterocycles. The Morgan fingerprint density at radius 2 is 1.94 bits per heavy atom. The topological polar surface area (TPSA) is 56.0 Å². The lowest BCUT2D eigenvalue weighted by Crippen LogP contribution is -2.04. The molecule has 0 spiro atoms. The largest absolute Gasteiger partial charge is 0.398 e. The summed E-state index contributed by atoms with van der Waals surface area (Å²) in [5.41, 5.74) is 8.60. The van der Waals surface area contributed by atoms with Crippen molar-refractivity contribution in [2.45, 2.75) is 18.2 Å². The van der Waals surface area contributed by atoms with Crippen LogP contribution < -0.4 is 5.73 Å². The molecule has 0 amide bonds. The number of hydrogen-bond donors (Lipinski definition) is 1. The van der Waals surface area contributed by atoms with Crippen molar-refractivity contribution in [1.82, 2.24) is 4.98 Å². The minimum absolute atomic E-state index is 0.605. The minimum atomic E-state index is -1.01. The van der Waals surface area contributed by atoms with Crippen molar-refractivity contribution in [3.63, 3.8) is 0 Å². The highest BCUT2D eigenvalue weighted by Crippen LogP contribution is 2.19. The lowest BCUT2D eigenvalue weighted by Gasteiger charge is -2.08. The van der Waals surface area contributed by atoms with Crippen LogP contribution in [0.2, 0.25) is 0 Å². The van der Waals surface area contributed by atoms with E-state index in [9.17, 15) is 4.21 Å². The van der Waals surface area contributed by atoms with Crippen LogP contribution in [0.5, 0.6) is 0 Å². The second-order valence-corrected chi connectivity index (χ2v) is 5.66. The van der Waals surface area contributed by atoms with Crippen LogP contribution in [0.4, 0.5) is 5.69 Å². The molecule has 2 rings (SSSR count). The molecular formula is C14H16N2OS. The maximum absolute atomic E-state index is 12.2. The molecular weight excluding hydrogens is 244 g/mol. The molecule has 18 heavy (non-hydrogen) atoms. The van der Waals surface area contributed by atoms with E-state index in [0.717, 1.165) is 22.4 Å². The summed E-state index contributed by atoms with van der Waals surface area (Å²) in [6.45, 7) is 1.91. The maximum atomic E-state index is 12.2. The summed E-state index contributed by atoms with van der Waals surface area (Å²) in [6, 6.07) is 9.46. The number of benzene rings is 1. The van der Waals surface area contributed by atoms with Crippen molar-refractivity contribution in [3.05, 3.63) is 53.9 Å². The van der Waals surface area contributed by atoms with Gasteiger partial charge in [0, 0.05) is 28.7 Å². The molecule has 3 nitrogen and oxygen atoms in total. The summed E-state index contributed by atoms with van der Waals surface area (Å²) >= 11 is 0. The number of hydrogen-bond acceptors (Lipinski definition) is 3. The number of nitrogens with two attached hydrogens (primary N) is 1. The molecule has 2 N–H and O–H groups in total. The predicted octanol–water partition coefficient (Wildman–Crippen LogP) is 2.32. The molecule has 1 unspecified atom stereocenters. The van der Waals surface area contributed by atoms with Crippen molar-refractivity contribution in [1.29, 1.82) is 0 Å². The highest BCUT2D eigenvalue weighted by Gasteiger charge is 2.09. The number of nitrogens with zero attached hydrogens (tertiary/aromatic N) is 1. The van der Waals surface area contributed by atoms with E-state index in [0.29, 0.717) is 11.4 Å². The summed E-state index contributed by atoms with van der Waals surface area (Å²) in [5, 5.41) is 0. The van der Waals surface area contributed by atoms with Crippen LogP contribution in [0.3, 0.4) is 0 Å². The van der Waals surface area contributed by atoms with Gasteiger partial charge in [-0.3, -0.25) is 9.19 Å². The van der Waals surface area contributed by atoms with Gasteiger partial charge in [-0.15, -0.1) is 0 Å². The van der Waals surface area contributed by atoms with Crippen molar-refractivity contribution < 1.29 is 4.21 Å². The lowest BCUT2D eigenvalue weighted by molar-refractivity contribution is 0.682. The van der Waals surface area contributed by atoms with E-state index in [4.69, 9.17) is 5.73 Å². The van der Waals surface area contributed by atoms with Crippen LogP contribution >= 0.6 is 0 Å². The Balaban J connectivity index is 2.07. The molecule has 2 aromatic rings. The van der Waals surface area contributed by atoms with E-state index < -0.39 is 10.8 Å². The smallest absolute Gasteiger partial charge is 0.0536 e. The van der Waals surface area contributed by atoms with Gasteiger partial charge in [-0.05, 0) is 48.7 Å². The number of nitrogen functional groups attached to an aromatic ring is 1. The first-order valence-corrected chi connectivity index (χ1v) is 7.13. The van der Waals surface area contributed by atoms with Crippen LogP contribution in [0.25, 0.3) is 0 Å². The van der Waals surface area contributed by atoms with E-state index >= 15 is 0 Å².